The minimum absolute atomic E-state index is 0.456. The maximum absolute atomic E-state index is 6.52. The van der Waals surface area contributed by atoms with E-state index in [1.165, 1.54) is 116 Å². The first-order chi connectivity index (χ1) is 18.9. The van der Waals surface area contributed by atoms with E-state index < -0.39 is 0 Å². The average Bonchev–Trinajstić information content (AvgIpc) is 3.24. The van der Waals surface area contributed by atoms with Crippen LogP contribution in [0.15, 0.2) is 11.6 Å². The van der Waals surface area contributed by atoms with E-state index in [0.717, 1.165) is 42.1 Å². The third-order valence-corrected chi connectivity index (χ3v) is 12.9. The van der Waals surface area contributed by atoms with E-state index >= 15 is 0 Å². The van der Waals surface area contributed by atoms with Crippen molar-refractivity contribution in [1.82, 2.24) is 0 Å². The molecule has 7 unspecified atom stereocenters. The van der Waals surface area contributed by atoms with Crippen LogP contribution in [0.2, 0.25) is 0 Å². The molecule has 4 aliphatic rings. The summed E-state index contributed by atoms with van der Waals surface area (Å²) in [5.74, 6) is 5.59. The second-order valence-corrected chi connectivity index (χ2v) is 17.5. The van der Waals surface area contributed by atoms with Gasteiger partial charge in [0, 0.05) is 6.61 Å². The Bertz CT molecular complexity index is 802. The van der Waals surface area contributed by atoms with Crippen molar-refractivity contribution in [3.63, 3.8) is 0 Å². The Morgan fingerprint density at radius 2 is 1.55 bits per heavy atom. The fourth-order valence-corrected chi connectivity index (χ4v) is 10.5. The molecule has 0 aromatic heterocycles. The van der Waals surface area contributed by atoms with Gasteiger partial charge in [-0.15, -0.1) is 0 Å². The van der Waals surface area contributed by atoms with E-state index in [0.29, 0.717) is 22.3 Å². The summed E-state index contributed by atoms with van der Waals surface area (Å²) in [6.07, 6.45) is 28.4. The third-order valence-electron chi connectivity index (χ3n) is 12.9. The molecular weight excluding hydrogens is 484 g/mol. The Morgan fingerprint density at radius 1 is 0.825 bits per heavy atom. The van der Waals surface area contributed by atoms with E-state index in [1.54, 1.807) is 5.57 Å². The van der Waals surface area contributed by atoms with Gasteiger partial charge in [0.05, 0.1) is 6.10 Å². The summed E-state index contributed by atoms with van der Waals surface area (Å²) < 4.78 is 6.52. The van der Waals surface area contributed by atoms with Gasteiger partial charge in [0.15, 0.2) is 0 Å². The van der Waals surface area contributed by atoms with Crippen molar-refractivity contribution < 1.29 is 4.74 Å². The van der Waals surface area contributed by atoms with Gasteiger partial charge in [0.25, 0.3) is 0 Å². The highest BCUT2D eigenvalue weighted by Gasteiger charge is 2.59. The van der Waals surface area contributed by atoms with Crippen LogP contribution in [0.5, 0.6) is 0 Å². The molecule has 4 rings (SSSR count). The summed E-state index contributed by atoms with van der Waals surface area (Å²) in [6, 6.07) is 0. The highest BCUT2D eigenvalue weighted by molar-refractivity contribution is 5.25. The standard InChI is InChI=1S/C39H70O/c1-29(2)16-15-17-30(3)34-20-21-35-33-19-18-31-28-32(22-25-38(31,7)36(33)23-26-39(34,35)8)40-27-14-12-10-9-11-13-24-37(4,5)6/h18,29-30,32-36H,9-17,19-28H2,1-8H3/t30?,32-,33?,34?,35?,36?,38?,39?/m0/s1. The molecule has 0 aliphatic heterocycles. The lowest BCUT2D eigenvalue weighted by molar-refractivity contribution is -0.0641. The molecule has 40 heavy (non-hydrogen) atoms. The zero-order valence-corrected chi connectivity index (χ0v) is 28.5. The molecule has 0 bridgehead atoms. The molecule has 232 valence electrons. The summed E-state index contributed by atoms with van der Waals surface area (Å²) in [5.41, 5.74) is 3.36. The Labute approximate surface area is 251 Å². The van der Waals surface area contributed by atoms with E-state index in [4.69, 9.17) is 4.74 Å². The lowest BCUT2D eigenvalue weighted by Crippen LogP contribution is -2.51. The van der Waals surface area contributed by atoms with Crippen molar-refractivity contribution in [2.24, 2.45) is 51.8 Å². The fraction of sp³-hybridized carbons (Fsp3) is 0.949. The Balaban J connectivity index is 1.22. The monoisotopic (exact) mass is 555 g/mol. The van der Waals surface area contributed by atoms with Gasteiger partial charge in [-0.1, -0.05) is 118 Å². The first kappa shape index (κ1) is 32.6. The van der Waals surface area contributed by atoms with Gasteiger partial charge in [0.1, 0.15) is 0 Å². The Morgan fingerprint density at radius 3 is 2.27 bits per heavy atom. The zero-order chi connectivity index (χ0) is 29.0. The number of hydrogen-bond acceptors (Lipinski definition) is 1. The molecular formula is C39H70O. The molecule has 3 saturated carbocycles. The maximum Gasteiger partial charge on any atom is 0.0612 e. The molecule has 3 fully saturated rings. The number of ether oxygens (including phenoxy) is 1. The molecule has 1 nitrogen and oxygen atoms in total. The van der Waals surface area contributed by atoms with Crippen molar-refractivity contribution in [3.05, 3.63) is 11.6 Å². The van der Waals surface area contributed by atoms with Crippen LogP contribution in [-0.2, 0) is 4.74 Å². The predicted octanol–water partition coefficient (Wildman–Crippen LogP) is 12.2. The van der Waals surface area contributed by atoms with Crippen molar-refractivity contribution in [1.29, 1.82) is 0 Å². The predicted molar refractivity (Wildman–Crippen MR) is 175 cm³/mol. The smallest absolute Gasteiger partial charge is 0.0612 e. The number of unbranched alkanes of at least 4 members (excludes halogenated alkanes) is 5. The van der Waals surface area contributed by atoms with Crippen LogP contribution in [0, 0.1) is 51.8 Å². The van der Waals surface area contributed by atoms with E-state index in [2.05, 4.69) is 61.5 Å². The second kappa shape index (κ2) is 14.0. The quantitative estimate of drug-likeness (QED) is 0.153. The van der Waals surface area contributed by atoms with Gasteiger partial charge in [0.2, 0.25) is 0 Å². The van der Waals surface area contributed by atoms with Crippen LogP contribution in [0.1, 0.15) is 171 Å². The van der Waals surface area contributed by atoms with E-state index in [9.17, 15) is 0 Å². The molecule has 0 heterocycles. The molecule has 0 radical (unpaired) electrons. The van der Waals surface area contributed by atoms with Crippen LogP contribution < -0.4 is 0 Å². The van der Waals surface area contributed by atoms with Crippen LogP contribution in [0.4, 0.5) is 0 Å². The summed E-state index contributed by atoms with van der Waals surface area (Å²) in [5, 5.41) is 0. The number of rotatable bonds is 14. The molecule has 0 aromatic carbocycles. The third kappa shape index (κ3) is 7.80. The molecule has 0 amide bonds. The van der Waals surface area contributed by atoms with Gasteiger partial charge in [-0.3, -0.25) is 0 Å². The fourth-order valence-electron chi connectivity index (χ4n) is 10.5. The van der Waals surface area contributed by atoms with Gasteiger partial charge in [-0.2, -0.15) is 0 Å². The first-order valence-corrected chi connectivity index (χ1v) is 18.2. The van der Waals surface area contributed by atoms with Crippen molar-refractivity contribution in [2.75, 3.05) is 6.61 Å². The highest BCUT2D eigenvalue weighted by atomic mass is 16.5. The number of fused-ring (bicyclic) bond motifs is 5. The molecule has 0 saturated heterocycles. The Kier molecular flexibility index (Phi) is 11.4. The van der Waals surface area contributed by atoms with Crippen molar-refractivity contribution in [3.8, 4) is 0 Å². The van der Waals surface area contributed by atoms with Crippen molar-refractivity contribution >= 4 is 0 Å². The first-order valence-electron chi connectivity index (χ1n) is 18.2. The molecule has 1 heteroatoms. The van der Waals surface area contributed by atoms with E-state index in [-0.39, 0.29) is 0 Å². The lowest BCUT2D eigenvalue weighted by atomic mass is 9.47. The summed E-state index contributed by atoms with van der Waals surface area (Å²) in [7, 11) is 0. The minimum atomic E-state index is 0.456. The highest BCUT2D eigenvalue weighted by Crippen LogP contribution is 2.67. The average molecular weight is 555 g/mol. The summed E-state index contributed by atoms with van der Waals surface area (Å²) in [6.45, 7) is 20.9. The van der Waals surface area contributed by atoms with Crippen LogP contribution >= 0.6 is 0 Å². The van der Waals surface area contributed by atoms with E-state index in [1.807, 2.05) is 0 Å². The molecule has 8 atom stereocenters. The zero-order valence-electron chi connectivity index (χ0n) is 28.5. The van der Waals surface area contributed by atoms with Gasteiger partial charge in [-0.05, 0) is 116 Å². The molecule has 0 N–H and O–H groups in total. The maximum atomic E-state index is 6.52. The van der Waals surface area contributed by atoms with Crippen LogP contribution in [-0.4, -0.2) is 12.7 Å². The topological polar surface area (TPSA) is 9.23 Å². The Hall–Kier alpha value is -0.300. The molecule has 0 spiro atoms. The van der Waals surface area contributed by atoms with Crippen LogP contribution in [0.3, 0.4) is 0 Å². The summed E-state index contributed by atoms with van der Waals surface area (Å²) >= 11 is 0. The van der Waals surface area contributed by atoms with Crippen molar-refractivity contribution in [2.45, 2.75) is 177 Å². The lowest BCUT2D eigenvalue weighted by Gasteiger charge is -2.58. The van der Waals surface area contributed by atoms with Gasteiger partial charge in [-0.25, -0.2) is 0 Å². The largest absolute Gasteiger partial charge is 0.378 e. The normalized spacial score (nSPS) is 36.6. The molecule has 4 aliphatic carbocycles. The van der Waals surface area contributed by atoms with Gasteiger partial charge >= 0.3 is 0 Å². The summed E-state index contributed by atoms with van der Waals surface area (Å²) in [4.78, 5) is 0. The second-order valence-electron chi connectivity index (χ2n) is 17.5. The minimum Gasteiger partial charge on any atom is -0.378 e. The molecule has 0 aromatic rings. The SMILES string of the molecule is CC(C)CCCC(C)C1CCC2C3CC=C4C[C@@H](OCCCCCCCCC(C)(C)C)CCC4(C)C3CCC12C. The van der Waals surface area contributed by atoms with Gasteiger partial charge < -0.3 is 4.74 Å². The number of allylic oxidation sites excluding steroid dienone is 1. The van der Waals surface area contributed by atoms with Crippen LogP contribution in [0.25, 0.3) is 0 Å². The number of hydrogen-bond donors (Lipinski definition) is 0.